The van der Waals surface area contributed by atoms with Crippen LogP contribution in [0.25, 0.3) is 22.4 Å². The number of benzene rings is 2. The van der Waals surface area contributed by atoms with E-state index in [1.165, 1.54) is 5.56 Å². The molecule has 0 radical (unpaired) electrons. The van der Waals surface area contributed by atoms with Gasteiger partial charge in [-0.1, -0.05) is 18.2 Å². The first-order valence-electron chi connectivity index (χ1n) is 10.1. The molecule has 0 aliphatic carbocycles. The van der Waals surface area contributed by atoms with Gasteiger partial charge in [0.1, 0.15) is 18.2 Å². The molecule has 6 nitrogen and oxygen atoms in total. The first kappa shape index (κ1) is 18.6. The fourth-order valence-corrected chi connectivity index (χ4v) is 3.98. The summed E-state index contributed by atoms with van der Waals surface area (Å²) in [5, 5.41) is 0. The van der Waals surface area contributed by atoms with E-state index in [-0.39, 0.29) is 6.04 Å². The minimum absolute atomic E-state index is 0.0336. The predicted molar refractivity (Wildman–Crippen MR) is 119 cm³/mol. The smallest absolute Gasteiger partial charge is 0.154 e. The molecule has 0 saturated carbocycles. The topological polar surface area (TPSA) is 63.3 Å². The van der Waals surface area contributed by atoms with Crippen molar-refractivity contribution >= 4 is 22.5 Å². The Morgan fingerprint density at radius 3 is 2.80 bits per heavy atom. The molecule has 30 heavy (non-hydrogen) atoms. The third kappa shape index (κ3) is 3.19. The van der Waals surface area contributed by atoms with Crippen molar-refractivity contribution in [2.45, 2.75) is 19.9 Å². The number of methoxy groups -OCH3 is 1. The van der Waals surface area contributed by atoms with Crippen LogP contribution < -0.4 is 9.64 Å². The van der Waals surface area contributed by atoms with E-state index in [9.17, 15) is 0 Å². The average molecular weight is 400 g/mol. The minimum atomic E-state index is 0.0336. The van der Waals surface area contributed by atoms with E-state index in [1.807, 2.05) is 37.4 Å². The number of aromatic amines is 1. The number of hydrogen-bond acceptors (Lipinski definition) is 5. The number of fused-ring (bicyclic) bond motifs is 2. The lowest BCUT2D eigenvalue weighted by Crippen LogP contribution is -2.43. The Morgan fingerprint density at radius 2 is 2.00 bits per heavy atom. The van der Waals surface area contributed by atoms with Crippen molar-refractivity contribution in [3.05, 3.63) is 65.9 Å². The van der Waals surface area contributed by atoms with Crippen LogP contribution in [0.15, 0.2) is 54.7 Å². The fraction of sp³-hybridized carbons (Fsp3) is 0.250. The second-order valence-corrected chi connectivity index (χ2v) is 7.74. The molecule has 5 rings (SSSR count). The van der Waals surface area contributed by atoms with E-state index in [4.69, 9.17) is 14.5 Å². The van der Waals surface area contributed by atoms with Crippen LogP contribution in [0.1, 0.15) is 11.1 Å². The van der Waals surface area contributed by atoms with Gasteiger partial charge in [0, 0.05) is 13.3 Å². The molecule has 0 saturated heterocycles. The van der Waals surface area contributed by atoms with Crippen LogP contribution in [0.4, 0.5) is 11.5 Å². The van der Waals surface area contributed by atoms with E-state index in [0.717, 1.165) is 45.2 Å². The Bertz CT molecular complexity index is 1200. The molecule has 1 N–H and O–H groups in total. The van der Waals surface area contributed by atoms with Gasteiger partial charge in [-0.25, -0.2) is 9.97 Å². The van der Waals surface area contributed by atoms with Crippen molar-refractivity contribution in [1.29, 1.82) is 0 Å². The zero-order valence-corrected chi connectivity index (χ0v) is 17.3. The highest BCUT2D eigenvalue weighted by atomic mass is 16.5. The number of nitrogens with one attached hydrogen (secondary N) is 1. The number of aromatic nitrogens is 3. The lowest BCUT2D eigenvalue weighted by Gasteiger charge is -2.38. The molecule has 0 fully saturated rings. The molecule has 0 amide bonds. The Morgan fingerprint density at radius 1 is 1.13 bits per heavy atom. The minimum Gasteiger partial charge on any atom is -0.488 e. The largest absolute Gasteiger partial charge is 0.488 e. The van der Waals surface area contributed by atoms with Gasteiger partial charge in [0.2, 0.25) is 0 Å². The molecule has 1 atom stereocenters. The molecular formula is C24H24N4O2. The molecule has 1 aliphatic heterocycles. The van der Waals surface area contributed by atoms with E-state index in [0.29, 0.717) is 13.2 Å². The maximum Gasteiger partial charge on any atom is 0.154 e. The highest BCUT2D eigenvalue weighted by molar-refractivity contribution is 5.85. The van der Waals surface area contributed by atoms with Gasteiger partial charge in [-0.2, -0.15) is 0 Å². The maximum absolute atomic E-state index is 6.26. The lowest BCUT2D eigenvalue weighted by atomic mass is 10.1. The molecular weight excluding hydrogens is 376 g/mol. The van der Waals surface area contributed by atoms with Crippen molar-refractivity contribution in [2.24, 2.45) is 0 Å². The number of ether oxygens (including phenoxy) is 2. The molecule has 0 spiro atoms. The Labute approximate surface area is 175 Å². The first-order chi connectivity index (χ1) is 14.6. The fourth-order valence-electron chi connectivity index (χ4n) is 3.98. The summed E-state index contributed by atoms with van der Waals surface area (Å²) < 4.78 is 11.7. The second-order valence-electron chi connectivity index (χ2n) is 7.74. The van der Waals surface area contributed by atoms with Crippen LogP contribution in [0, 0.1) is 13.8 Å². The van der Waals surface area contributed by atoms with Gasteiger partial charge in [-0.05, 0) is 55.3 Å². The highest BCUT2D eigenvalue weighted by Crippen LogP contribution is 2.44. The highest BCUT2D eigenvalue weighted by Gasteiger charge is 2.32. The first-order valence-corrected chi connectivity index (χ1v) is 10.1. The lowest BCUT2D eigenvalue weighted by molar-refractivity contribution is 0.146. The summed E-state index contributed by atoms with van der Waals surface area (Å²) in [6.07, 6.45) is 1.89. The van der Waals surface area contributed by atoms with E-state index in [1.54, 1.807) is 7.11 Å². The van der Waals surface area contributed by atoms with Gasteiger partial charge in [0.15, 0.2) is 5.75 Å². The van der Waals surface area contributed by atoms with Crippen molar-refractivity contribution in [2.75, 3.05) is 25.2 Å². The number of para-hydroxylation sites is 1. The zero-order valence-electron chi connectivity index (χ0n) is 17.3. The van der Waals surface area contributed by atoms with Crippen LogP contribution in [-0.2, 0) is 4.74 Å². The van der Waals surface area contributed by atoms with E-state index in [2.05, 4.69) is 46.1 Å². The summed E-state index contributed by atoms with van der Waals surface area (Å²) in [5.41, 5.74) is 6.19. The van der Waals surface area contributed by atoms with Gasteiger partial charge < -0.3 is 19.4 Å². The normalized spacial score (nSPS) is 15.8. The van der Waals surface area contributed by atoms with Gasteiger partial charge in [0.25, 0.3) is 0 Å². The van der Waals surface area contributed by atoms with Gasteiger partial charge >= 0.3 is 0 Å². The Kier molecular flexibility index (Phi) is 4.64. The van der Waals surface area contributed by atoms with Gasteiger partial charge in [0.05, 0.1) is 34.9 Å². The zero-order chi connectivity index (χ0) is 20.7. The molecule has 3 heterocycles. The molecule has 1 aliphatic rings. The summed E-state index contributed by atoms with van der Waals surface area (Å²) in [4.78, 5) is 15.1. The number of aryl methyl sites for hydroxylation is 2. The third-order valence-electron chi connectivity index (χ3n) is 5.43. The SMILES string of the molecule is COCC1COc2c(-c3nc4ccc(C)cc4[nH]3)cccc2N1c1ccc(C)cn1. The van der Waals surface area contributed by atoms with Crippen molar-refractivity contribution in [3.8, 4) is 17.1 Å². The molecule has 0 bridgehead atoms. The number of pyridine rings is 1. The number of rotatable bonds is 4. The number of H-pyrrole nitrogens is 1. The van der Waals surface area contributed by atoms with E-state index >= 15 is 0 Å². The number of nitrogens with zero attached hydrogens (tertiary/aromatic N) is 3. The van der Waals surface area contributed by atoms with Gasteiger partial charge in [-0.3, -0.25) is 0 Å². The maximum atomic E-state index is 6.26. The standard InChI is InChI=1S/C24H24N4O2/c1-15-7-9-19-20(11-15)27-24(26-19)18-5-4-6-21-23(18)30-14-17(13-29-3)28(21)22-10-8-16(2)12-25-22/h4-12,17H,13-14H2,1-3H3,(H,26,27). The molecule has 2 aromatic heterocycles. The van der Waals surface area contributed by atoms with E-state index < -0.39 is 0 Å². The van der Waals surface area contributed by atoms with Crippen LogP contribution in [0.3, 0.4) is 0 Å². The third-order valence-corrected chi connectivity index (χ3v) is 5.43. The Balaban J connectivity index is 1.64. The van der Waals surface area contributed by atoms with Crippen LogP contribution in [0.5, 0.6) is 5.75 Å². The monoisotopic (exact) mass is 400 g/mol. The Hall–Kier alpha value is -3.38. The second kappa shape index (κ2) is 7.46. The molecule has 152 valence electrons. The van der Waals surface area contributed by atoms with Crippen molar-refractivity contribution < 1.29 is 9.47 Å². The van der Waals surface area contributed by atoms with Crippen LogP contribution >= 0.6 is 0 Å². The summed E-state index contributed by atoms with van der Waals surface area (Å²) in [6.45, 7) is 5.17. The summed E-state index contributed by atoms with van der Waals surface area (Å²) >= 11 is 0. The molecule has 1 unspecified atom stereocenters. The number of imidazole rings is 1. The molecule has 6 heteroatoms. The van der Waals surface area contributed by atoms with Gasteiger partial charge in [-0.15, -0.1) is 0 Å². The molecule has 4 aromatic rings. The summed E-state index contributed by atoms with van der Waals surface area (Å²) in [7, 11) is 1.71. The molecule has 2 aromatic carbocycles. The summed E-state index contributed by atoms with van der Waals surface area (Å²) in [6, 6.07) is 16.5. The summed E-state index contributed by atoms with van der Waals surface area (Å²) in [5.74, 6) is 2.49. The predicted octanol–water partition coefficient (Wildman–Crippen LogP) is 4.79. The quantitative estimate of drug-likeness (QED) is 0.534. The van der Waals surface area contributed by atoms with Crippen LogP contribution in [-0.4, -0.2) is 41.3 Å². The van der Waals surface area contributed by atoms with Crippen molar-refractivity contribution in [3.63, 3.8) is 0 Å². The average Bonchev–Trinajstić information content (AvgIpc) is 3.17. The number of hydrogen-bond donors (Lipinski definition) is 1. The van der Waals surface area contributed by atoms with Crippen molar-refractivity contribution in [1.82, 2.24) is 15.0 Å². The van der Waals surface area contributed by atoms with Crippen LogP contribution in [0.2, 0.25) is 0 Å². The number of anilines is 2.